The Hall–Kier alpha value is -3.62. The van der Waals surface area contributed by atoms with Crippen molar-refractivity contribution in [3.63, 3.8) is 0 Å². The van der Waals surface area contributed by atoms with Crippen molar-refractivity contribution in [1.82, 2.24) is 9.80 Å². The number of rotatable bonds is 6. The first kappa shape index (κ1) is 29.4. The summed E-state index contributed by atoms with van der Waals surface area (Å²) < 4.78 is 37.4. The molecule has 3 amide bonds. The molecule has 2 fully saturated rings. The quantitative estimate of drug-likeness (QED) is 0.470. The van der Waals surface area contributed by atoms with Gasteiger partial charge in [0.15, 0.2) is 0 Å². The number of urea groups is 1. The van der Waals surface area contributed by atoms with E-state index >= 15 is 0 Å². The number of carbonyl (C=O) groups is 2. The molecule has 2 aliphatic rings. The molecule has 1 unspecified atom stereocenters. The molecule has 0 aromatic heterocycles. The molecule has 0 spiro atoms. The molecule has 2 saturated heterocycles. The first-order valence-corrected chi connectivity index (χ1v) is 14.8. The van der Waals surface area contributed by atoms with E-state index < -0.39 is 21.8 Å². The lowest BCUT2D eigenvalue weighted by Crippen LogP contribution is -2.58. The topological polar surface area (TPSA) is 120 Å². The highest BCUT2D eigenvalue weighted by Crippen LogP contribution is 2.27. The Balaban J connectivity index is 1.50. The smallest absolute Gasteiger partial charge is 0.410 e. The molecule has 2 aliphatic heterocycles. The van der Waals surface area contributed by atoms with Gasteiger partial charge in [0.25, 0.3) is 10.1 Å². The lowest BCUT2D eigenvalue weighted by molar-refractivity contribution is 0.0168. The lowest BCUT2D eigenvalue weighted by atomic mass is 9.96. The fraction of sp³-hybridized carbons (Fsp3) is 0.483. The van der Waals surface area contributed by atoms with Crippen LogP contribution in [0.2, 0.25) is 0 Å². The van der Waals surface area contributed by atoms with Crippen molar-refractivity contribution in [2.24, 2.45) is 5.92 Å². The fourth-order valence-electron chi connectivity index (χ4n) is 4.88. The Morgan fingerprint density at radius 3 is 2.38 bits per heavy atom. The number of hydrogen-bond acceptors (Lipinski definition) is 7. The summed E-state index contributed by atoms with van der Waals surface area (Å²) >= 11 is 0. The van der Waals surface area contributed by atoms with Gasteiger partial charge in [0.05, 0.1) is 29.6 Å². The van der Waals surface area contributed by atoms with Gasteiger partial charge < -0.3 is 14.5 Å². The predicted molar refractivity (Wildman–Crippen MR) is 149 cm³/mol. The Bertz CT molecular complexity index is 1370. The van der Waals surface area contributed by atoms with Gasteiger partial charge >= 0.3 is 12.1 Å². The summed E-state index contributed by atoms with van der Waals surface area (Å²) in [5, 5.41) is 9.36. The number of hydrogen-bond donors (Lipinski definition) is 0. The maximum Gasteiger partial charge on any atom is 0.410 e. The monoisotopic (exact) mass is 568 g/mol. The van der Waals surface area contributed by atoms with Crippen molar-refractivity contribution >= 4 is 27.9 Å². The average Bonchev–Trinajstić information content (AvgIpc) is 2.90. The molecule has 1 atom stereocenters. The Morgan fingerprint density at radius 2 is 1.75 bits per heavy atom. The maximum absolute atomic E-state index is 13.6. The molecule has 4 rings (SSSR count). The molecule has 0 saturated carbocycles. The SMILES string of the molecule is Cc1ccc(S(=O)(=O)OC2CN(CC3CCN(C(=O)OC(C)(C)C)CC3)C(=O)N(c3cccc(C#N)c3)C2)cc1. The van der Waals surface area contributed by atoms with Gasteiger partial charge in [-0.1, -0.05) is 23.8 Å². The summed E-state index contributed by atoms with van der Waals surface area (Å²) in [4.78, 5) is 30.9. The third-order valence-electron chi connectivity index (χ3n) is 6.92. The van der Waals surface area contributed by atoms with Gasteiger partial charge in [-0.05, 0) is 76.8 Å². The predicted octanol–water partition coefficient (Wildman–Crippen LogP) is 4.53. The first-order chi connectivity index (χ1) is 18.8. The molecule has 2 aromatic rings. The van der Waals surface area contributed by atoms with Gasteiger partial charge in [-0.15, -0.1) is 0 Å². The highest BCUT2D eigenvalue weighted by Gasteiger charge is 2.38. The number of benzene rings is 2. The Morgan fingerprint density at radius 1 is 1.07 bits per heavy atom. The number of anilines is 1. The molecule has 0 radical (unpaired) electrons. The molecule has 0 aliphatic carbocycles. The molecule has 11 heteroatoms. The number of amides is 3. The zero-order valence-electron chi connectivity index (χ0n) is 23.4. The highest BCUT2D eigenvalue weighted by molar-refractivity contribution is 7.86. The highest BCUT2D eigenvalue weighted by atomic mass is 32.2. The molecule has 0 bridgehead atoms. The van der Waals surface area contributed by atoms with Crippen LogP contribution in [0.15, 0.2) is 53.4 Å². The van der Waals surface area contributed by atoms with Crippen LogP contribution < -0.4 is 4.90 Å². The van der Waals surface area contributed by atoms with E-state index in [1.165, 1.54) is 17.0 Å². The van der Waals surface area contributed by atoms with Gasteiger partial charge in [-0.25, -0.2) is 9.59 Å². The molecule has 214 valence electrons. The number of aryl methyl sites for hydroxylation is 1. The molecule has 2 heterocycles. The van der Waals surface area contributed by atoms with Crippen LogP contribution in [0.1, 0.15) is 44.7 Å². The molecule has 0 N–H and O–H groups in total. The summed E-state index contributed by atoms with van der Waals surface area (Å²) in [5.74, 6) is 0.113. The summed E-state index contributed by atoms with van der Waals surface area (Å²) in [6.45, 7) is 8.89. The minimum atomic E-state index is -4.08. The van der Waals surface area contributed by atoms with Crippen LogP contribution in [0.4, 0.5) is 15.3 Å². The molecular formula is C29H36N4O6S. The normalized spacial score (nSPS) is 18.9. The van der Waals surface area contributed by atoms with Gasteiger partial charge in [0, 0.05) is 25.3 Å². The number of nitriles is 1. The third-order valence-corrected chi connectivity index (χ3v) is 8.29. The first-order valence-electron chi connectivity index (χ1n) is 13.4. The summed E-state index contributed by atoms with van der Waals surface area (Å²) in [7, 11) is -4.08. The molecule has 10 nitrogen and oxygen atoms in total. The number of ether oxygens (including phenoxy) is 1. The van der Waals surface area contributed by atoms with Crippen LogP contribution in [0, 0.1) is 24.2 Å². The molecule has 2 aromatic carbocycles. The van der Waals surface area contributed by atoms with Crippen LogP contribution in [-0.2, 0) is 19.0 Å². The zero-order chi connectivity index (χ0) is 29.1. The van der Waals surface area contributed by atoms with Gasteiger partial charge in [-0.2, -0.15) is 13.7 Å². The van der Waals surface area contributed by atoms with E-state index in [1.54, 1.807) is 46.2 Å². The van der Waals surface area contributed by atoms with Gasteiger partial charge in [-0.3, -0.25) is 9.08 Å². The van der Waals surface area contributed by atoms with Crippen LogP contribution in [-0.4, -0.2) is 74.8 Å². The molecule has 40 heavy (non-hydrogen) atoms. The minimum absolute atomic E-state index is 0.0202. The summed E-state index contributed by atoms with van der Waals surface area (Å²) in [5.41, 5.74) is 1.24. The average molecular weight is 569 g/mol. The van der Waals surface area contributed by atoms with Crippen molar-refractivity contribution in [1.29, 1.82) is 5.26 Å². The van der Waals surface area contributed by atoms with E-state index in [4.69, 9.17) is 8.92 Å². The Kier molecular flexibility index (Phi) is 8.71. The van der Waals surface area contributed by atoms with E-state index in [9.17, 15) is 23.3 Å². The van der Waals surface area contributed by atoms with Crippen molar-refractivity contribution in [2.75, 3.05) is 37.6 Å². The fourth-order valence-corrected chi connectivity index (χ4v) is 5.94. The van der Waals surface area contributed by atoms with Gasteiger partial charge in [0.2, 0.25) is 0 Å². The second-order valence-corrected chi connectivity index (χ2v) is 12.9. The Labute approximate surface area is 236 Å². The number of carbonyl (C=O) groups excluding carboxylic acids is 2. The van der Waals surface area contributed by atoms with Gasteiger partial charge in [0.1, 0.15) is 11.7 Å². The summed E-state index contributed by atoms with van der Waals surface area (Å²) in [6.07, 6.45) is 0.190. The summed E-state index contributed by atoms with van der Waals surface area (Å²) in [6, 6.07) is 14.9. The zero-order valence-corrected chi connectivity index (χ0v) is 24.2. The van der Waals surface area contributed by atoms with E-state index in [0.717, 1.165) is 5.56 Å². The second-order valence-electron chi connectivity index (χ2n) is 11.4. The van der Waals surface area contributed by atoms with E-state index in [1.807, 2.05) is 27.7 Å². The van der Waals surface area contributed by atoms with Crippen LogP contribution in [0.5, 0.6) is 0 Å². The van der Waals surface area contributed by atoms with Crippen molar-refractivity contribution in [2.45, 2.75) is 57.1 Å². The number of piperidine rings is 1. The van der Waals surface area contributed by atoms with Crippen molar-refractivity contribution in [3.8, 4) is 6.07 Å². The van der Waals surface area contributed by atoms with E-state index in [2.05, 4.69) is 6.07 Å². The van der Waals surface area contributed by atoms with Crippen LogP contribution in [0.3, 0.4) is 0 Å². The van der Waals surface area contributed by atoms with Crippen molar-refractivity contribution in [3.05, 3.63) is 59.7 Å². The minimum Gasteiger partial charge on any atom is -0.444 e. The third kappa shape index (κ3) is 7.31. The largest absolute Gasteiger partial charge is 0.444 e. The van der Waals surface area contributed by atoms with Crippen molar-refractivity contribution < 1.29 is 26.9 Å². The molecular weight excluding hydrogens is 532 g/mol. The lowest BCUT2D eigenvalue weighted by Gasteiger charge is -2.42. The standard InChI is InChI=1S/C29H36N4O6S/c1-21-8-10-26(11-9-21)40(36,37)39-25-19-32(27(34)33(20-25)24-7-5-6-23(16-24)17-30)18-22-12-14-31(15-13-22)28(35)38-29(2,3)4/h5-11,16,22,25H,12-15,18-20H2,1-4H3. The maximum atomic E-state index is 13.6. The number of nitrogens with zero attached hydrogens (tertiary/aromatic N) is 4. The van der Waals surface area contributed by atoms with Crippen LogP contribution >= 0.6 is 0 Å². The van der Waals surface area contributed by atoms with E-state index in [0.29, 0.717) is 43.7 Å². The number of likely N-dealkylation sites (tertiary alicyclic amines) is 1. The second kappa shape index (κ2) is 11.9. The van der Waals surface area contributed by atoms with E-state index in [-0.39, 0.29) is 36.0 Å². The van der Waals surface area contributed by atoms with Crippen LogP contribution in [0.25, 0.3) is 0 Å².